The topological polar surface area (TPSA) is 94.3 Å². The minimum atomic E-state index is -0.949. The van der Waals surface area contributed by atoms with Crippen LogP contribution in [-0.2, 0) is 4.79 Å². The maximum absolute atomic E-state index is 12.1. The van der Waals surface area contributed by atoms with E-state index in [0.717, 1.165) is 0 Å². The van der Waals surface area contributed by atoms with Crippen LogP contribution < -0.4 is 0 Å². The summed E-state index contributed by atoms with van der Waals surface area (Å²) in [5.41, 5.74) is 1.14. The first kappa shape index (κ1) is 14.6. The Hall–Kier alpha value is -2.42. The molecule has 0 fully saturated rings. The monoisotopic (exact) mass is 261 g/mol. The highest BCUT2D eigenvalue weighted by atomic mass is 16.4. The molecule has 19 heavy (non-hydrogen) atoms. The summed E-state index contributed by atoms with van der Waals surface area (Å²) in [6.07, 6.45) is -0.102. The number of aryl methyl sites for hydroxylation is 1. The highest BCUT2D eigenvalue weighted by molar-refractivity contribution is 5.92. The van der Waals surface area contributed by atoms with Gasteiger partial charge in [0.2, 0.25) is 0 Å². The first-order valence-electron chi connectivity index (χ1n) is 5.88. The molecule has 0 bridgehead atoms. The zero-order valence-corrected chi connectivity index (χ0v) is 10.9. The van der Waals surface area contributed by atoms with Gasteiger partial charge in [-0.3, -0.25) is 9.59 Å². The Morgan fingerprint density at radius 3 is 2.63 bits per heavy atom. The van der Waals surface area contributed by atoms with Crippen LogP contribution in [0.5, 0.6) is 0 Å². The van der Waals surface area contributed by atoms with Crippen molar-refractivity contribution in [1.82, 2.24) is 9.88 Å². The molecule has 0 aliphatic heterocycles. The third kappa shape index (κ3) is 3.78. The van der Waals surface area contributed by atoms with Crippen molar-refractivity contribution in [2.45, 2.75) is 20.3 Å². The molecule has 0 spiro atoms. The SMILES string of the molecule is CCN(CCC(=O)O)C(=O)c1ccc(C#N)c(C)n1. The van der Waals surface area contributed by atoms with Crippen molar-refractivity contribution < 1.29 is 14.7 Å². The maximum Gasteiger partial charge on any atom is 0.305 e. The van der Waals surface area contributed by atoms with Crippen LogP contribution in [0.15, 0.2) is 12.1 Å². The van der Waals surface area contributed by atoms with E-state index in [1.165, 1.54) is 11.0 Å². The Bertz CT molecular complexity index is 534. The summed E-state index contributed by atoms with van der Waals surface area (Å²) in [5, 5.41) is 17.4. The quantitative estimate of drug-likeness (QED) is 0.859. The van der Waals surface area contributed by atoms with Crippen molar-refractivity contribution in [2.24, 2.45) is 0 Å². The van der Waals surface area contributed by atoms with Gasteiger partial charge < -0.3 is 10.0 Å². The minimum absolute atomic E-state index is 0.102. The van der Waals surface area contributed by atoms with E-state index in [0.29, 0.717) is 17.8 Å². The predicted molar refractivity (Wildman–Crippen MR) is 67.5 cm³/mol. The van der Waals surface area contributed by atoms with Crippen molar-refractivity contribution in [2.75, 3.05) is 13.1 Å². The Morgan fingerprint density at radius 2 is 2.16 bits per heavy atom. The number of nitriles is 1. The molecule has 0 saturated heterocycles. The molecule has 0 aromatic carbocycles. The number of pyridine rings is 1. The Morgan fingerprint density at radius 1 is 1.47 bits per heavy atom. The number of carbonyl (C=O) groups is 2. The number of rotatable bonds is 5. The van der Waals surface area contributed by atoms with E-state index in [9.17, 15) is 9.59 Å². The molecule has 0 aliphatic rings. The number of aliphatic carboxylic acids is 1. The van der Waals surface area contributed by atoms with Gasteiger partial charge in [0.15, 0.2) is 0 Å². The van der Waals surface area contributed by atoms with Crippen LogP contribution in [0.25, 0.3) is 0 Å². The molecular formula is C13H15N3O3. The molecule has 0 unspecified atom stereocenters. The summed E-state index contributed by atoms with van der Waals surface area (Å²) in [5.74, 6) is -1.27. The van der Waals surface area contributed by atoms with E-state index < -0.39 is 5.97 Å². The maximum atomic E-state index is 12.1. The molecule has 1 rings (SSSR count). The van der Waals surface area contributed by atoms with Crippen molar-refractivity contribution >= 4 is 11.9 Å². The van der Waals surface area contributed by atoms with Crippen LogP contribution in [0.2, 0.25) is 0 Å². The summed E-state index contributed by atoms with van der Waals surface area (Å²) < 4.78 is 0. The standard InChI is InChI=1S/C13H15N3O3/c1-3-16(7-6-12(17)18)13(19)11-5-4-10(8-14)9(2)15-11/h4-5H,3,6-7H2,1-2H3,(H,17,18). The van der Waals surface area contributed by atoms with Crippen LogP contribution in [0.3, 0.4) is 0 Å². The second-order valence-electron chi connectivity index (χ2n) is 3.97. The highest BCUT2D eigenvalue weighted by Crippen LogP contribution is 2.08. The third-order valence-corrected chi connectivity index (χ3v) is 2.69. The van der Waals surface area contributed by atoms with Gasteiger partial charge in [-0.05, 0) is 26.0 Å². The molecule has 0 saturated carbocycles. The van der Waals surface area contributed by atoms with Gasteiger partial charge in [0.1, 0.15) is 11.8 Å². The number of aromatic nitrogens is 1. The molecule has 1 N–H and O–H groups in total. The number of carbonyl (C=O) groups excluding carboxylic acids is 1. The minimum Gasteiger partial charge on any atom is -0.481 e. The number of hydrogen-bond acceptors (Lipinski definition) is 4. The van der Waals surface area contributed by atoms with Crippen molar-refractivity contribution in [3.8, 4) is 6.07 Å². The van der Waals surface area contributed by atoms with E-state index in [2.05, 4.69) is 4.98 Å². The summed E-state index contributed by atoms with van der Waals surface area (Å²) in [4.78, 5) is 28.2. The van der Waals surface area contributed by atoms with Gasteiger partial charge in [-0.1, -0.05) is 0 Å². The van der Waals surface area contributed by atoms with E-state index in [-0.39, 0.29) is 24.6 Å². The first-order chi connectivity index (χ1) is 8.99. The molecule has 0 atom stereocenters. The lowest BCUT2D eigenvalue weighted by molar-refractivity contribution is -0.137. The molecule has 1 aromatic rings. The summed E-state index contributed by atoms with van der Waals surface area (Å²) in [6.45, 7) is 3.98. The number of hydrogen-bond donors (Lipinski definition) is 1. The molecule has 0 aliphatic carbocycles. The summed E-state index contributed by atoms with van der Waals surface area (Å²) >= 11 is 0. The average molecular weight is 261 g/mol. The van der Waals surface area contributed by atoms with Crippen LogP contribution in [0.4, 0.5) is 0 Å². The van der Waals surface area contributed by atoms with Gasteiger partial charge in [-0.15, -0.1) is 0 Å². The van der Waals surface area contributed by atoms with Crippen molar-refractivity contribution in [3.05, 3.63) is 29.1 Å². The first-order valence-corrected chi connectivity index (χ1v) is 5.88. The normalized spacial score (nSPS) is 9.74. The number of amides is 1. The van der Waals surface area contributed by atoms with Gasteiger partial charge in [0.05, 0.1) is 17.7 Å². The molecule has 0 radical (unpaired) electrons. The van der Waals surface area contributed by atoms with Gasteiger partial charge >= 0.3 is 5.97 Å². The van der Waals surface area contributed by atoms with Gasteiger partial charge in [0, 0.05) is 13.1 Å². The Labute approximate surface area is 111 Å². The molecule has 1 aromatic heterocycles. The van der Waals surface area contributed by atoms with Gasteiger partial charge in [-0.25, -0.2) is 4.98 Å². The van der Waals surface area contributed by atoms with E-state index in [1.54, 1.807) is 19.9 Å². The molecule has 6 heteroatoms. The Kier molecular flexibility index (Phi) is 5.01. The highest BCUT2D eigenvalue weighted by Gasteiger charge is 2.17. The van der Waals surface area contributed by atoms with E-state index in [1.807, 2.05) is 6.07 Å². The van der Waals surface area contributed by atoms with Crippen LogP contribution in [0.1, 0.15) is 35.1 Å². The second-order valence-corrected chi connectivity index (χ2v) is 3.97. The van der Waals surface area contributed by atoms with Crippen molar-refractivity contribution in [1.29, 1.82) is 5.26 Å². The van der Waals surface area contributed by atoms with E-state index in [4.69, 9.17) is 10.4 Å². The van der Waals surface area contributed by atoms with Crippen LogP contribution >= 0.6 is 0 Å². The smallest absolute Gasteiger partial charge is 0.305 e. The fourth-order valence-corrected chi connectivity index (χ4v) is 1.59. The Balaban J connectivity index is 2.89. The number of carboxylic acids is 1. The lowest BCUT2D eigenvalue weighted by Crippen LogP contribution is -2.33. The number of carboxylic acid groups (broad SMARTS) is 1. The summed E-state index contributed by atoms with van der Waals surface area (Å²) in [7, 11) is 0. The number of nitrogens with zero attached hydrogens (tertiary/aromatic N) is 3. The lowest BCUT2D eigenvalue weighted by Gasteiger charge is -2.19. The van der Waals surface area contributed by atoms with Crippen LogP contribution in [0, 0.1) is 18.3 Å². The zero-order chi connectivity index (χ0) is 14.4. The van der Waals surface area contributed by atoms with Gasteiger partial charge in [0.25, 0.3) is 5.91 Å². The predicted octanol–water partition coefficient (Wildman–Crippen LogP) is 1.20. The molecule has 1 heterocycles. The summed E-state index contributed by atoms with van der Waals surface area (Å²) in [6, 6.07) is 5.01. The van der Waals surface area contributed by atoms with Crippen molar-refractivity contribution in [3.63, 3.8) is 0 Å². The lowest BCUT2D eigenvalue weighted by atomic mass is 10.2. The molecule has 1 amide bonds. The average Bonchev–Trinajstić information content (AvgIpc) is 2.38. The van der Waals surface area contributed by atoms with Gasteiger partial charge in [-0.2, -0.15) is 5.26 Å². The molecule has 6 nitrogen and oxygen atoms in total. The molecular weight excluding hydrogens is 246 g/mol. The molecule has 100 valence electrons. The zero-order valence-electron chi connectivity index (χ0n) is 10.9. The van der Waals surface area contributed by atoms with Crippen LogP contribution in [-0.4, -0.2) is 40.0 Å². The van der Waals surface area contributed by atoms with E-state index >= 15 is 0 Å². The fourth-order valence-electron chi connectivity index (χ4n) is 1.59. The second kappa shape index (κ2) is 6.50. The fraction of sp³-hybridized carbons (Fsp3) is 0.385. The third-order valence-electron chi connectivity index (χ3n) is 2.69. The largest absolute Gasteiger partial charge is 0.481 e.